The molecular weight excluding hydrogens is 348 g/mol. The van der Waals surface area contributed by atoms with Crippen molar-refractivity contribution in [1.82, 2.24) is 15.3 Å². The van der Waals surface area contributed by atoms with Gasteiger partial charge in [0, 0.05) is 31.5 Å². The van der Waals surface area contributed by atoms with Crippen LogP contribution in [0.25, 0.3) is 0 Å². The number of nitrogens with one attached hydrogen (secondary N) is 1. The predicted octanol–water partition coefficient (Wildman–Crippen LogP) is 2.55. The quantitative estimate of drug-likeness (QED) is 0.862. The van der Waals surface area contributed by atoms with E-state index in [1.807, 2.05) is 23.7 Å². The zero-order valence-corrected chi connectivity index (χ0v) is 15.5. The summed E-state index contributed by atoms with van der Waals surface area (Å²) >= 11 is 1.46. The number of hydrogen-bond acceptors (Lipinski definition) is 6. The summed E-state index contributed by atoms with van der Waals surface area (Å²) in [6.45, 7) is 2.05. The van der Waals surface area contributed by atoms with Gasteiger partial charge in [-0.3, -0.25) is 4.79 Å². The molecule has 0 spiro atoms. The molecule has 3 heterocycles. The molecule has 6 nitrogen and oxygen atoms in total. The first-order chi connectivity index (χ1) is 12.7. The summed E-state index contributed by atoms with van der Waals surface area (Å²) in [5.41, 5.74) is 2.11. The van der Waals surface area contributed by atoms with Crippen LogP contribution in [0.3, 0.4) is 0 Å². The van der Waals surface area contributed by atoms with E-state index < -0.39 is 0 Å². The Morgan fingerprint density at radius 3 is 2.92 bits per heavy atom. The first-order valence-electron chi connectivity index (χ1n) is 9.30. The topological polar surface area (TPSA) is 78.4 Å². The van der Waals surface area contributed by atoms with Crippen LogP contribution in [0.4, 0.5) is 5.95 Å². The van der Waals surface area contributed by atoms with Crippen LogP contribution < -0.4 is 10.2 Å². The monoisotopic (exact) mass is 372 g/mol. The zero-order valence-electron chi connectivity index (χ0n) is 14.7. The van der Waals surface area contributed by atoms with Gasteiger partial charge in [0.25, 0.3) is 5.91 Å². The number of hydrogen-bond donors (Lipinski definition) is 2. The largest absolute Gasteiger partial charge is 0.396 e. The number of carbonyl (C=O) groups excluding carboxylic acids is 1. The molecule has 2 aromatic heterocycles. The van der Waals surface area contributed by atoms with Gasteiger partial charge in [-0.15, -0.1) is 11.3 Å². The van der Waals surface area contributed by atoms with Gasteiger partial charge in [0.15, 0.2) is 0 Å². The third-order valence-electron chi connectivity index (χ3n) is 5.37. The van der Waals surface area contributed by atoms with Gasteiger partial charge in [0.1, 0.15) is 0 Å². The Balaban J connectivity index is 1.48. The molecule has 0 radical (unpaired) electrons. The fourth-order valence-electron chi connectivity index (χ4n) is 3.79. The molecule has 0 bridgehead atoms. The van der Waals surface area contributed by atoms with E-state index in [1.165, 1.54) is 11.3 Å². The van der Waals surface area contributed by atoms with Crippen LogP contribution in [0, 0.1) is 5.92 Å². The fraction of sp³-hybridized carbons (Fsp3) is 0.526. The summed E-state index contributed by atoms with van der Waals surface area (Å²) in [4.78, 5) is 24.7. The van der Waals surface area contributed by atoms with Gasteiger partial charge in [-0.05, 0) is 49.5 Å². The normalized spacial score (nSPS) is 20.7. The van der Waals surface area contributed by atoms with Crippen molar-refractivity contribution in [3.8, 4) is 0 Å². The highest BCUT2D eigenvalue weighted by atomic mass is 32.1. The lowest BCUT2D eigenvalue weighted by Crippen LogP contribution is -2.36. The van der Waals surface area contributed by atoms with Crippen LogP contribution >= 0.6 is 11.3 Å². The first-order valence-corrected chi connectivity index (χ1v) is 10.2. The molecule has 138 valence electrons. The number of aliphatic hydroxyl groups is 1. The van der Waals surface area contributed by atoms with E-state index in [1.54, 1.807) is 0 Å². The van der Waals surface area contributed by atoms with E-state index in [-0.39, 0.29) is 18.6 Å². The number of aryl methyl sites for hydroxylation is 1. The number of nitrogens with zero attached hydrogens (tertiary/aromatic N) is 3. The molecule has 1 fully saturated rings. The van der Waals surface area contributed by atoms with E-state index in [4.69, 9.17) is 4.98 Å². The Morgan fingerprint density at radius 2 is 2.19 bits per heavy atom. The smallest absolute Gasteiger partial charge is 0.261 e. The van der Waals surface area contributed by atoms with Gasteiger partial charge in [0.05, 0.1) is 16.6 Å². The third-order valence-corrected chi connectivity index (χ3v) is 6.24. The molecule has 1 aliphatic heterocycles. The van der Waals surface area contributed by atoms with Crippen LogP contribution in [0.2, 0.25) is 0 Å². The van der Waals surface area contributed by atoms with Gasteiger partial charge in [-0.1, -0.05) is 6.07 Å². The van der Waals surface area contributed by atoms with Gasteiger partial charge in [0.2, 0.25) is 5.95 Å². The van der Waals surface area contributed by atoms with Gasteiger partial charge >= 0.3 is 0 Å². The van der Waals surface area contributed by atoms with Crippen molar-refractivity contribution in [3.05, 3.63) is 39.8 Å². The summed E-state index contributed by atoms with van der Waals surface area (Å²) < 4.78 is 0. The standard InChI is InChI=1S/C19H24N4O2S/c24-12-13-6-8-23(9-7-13)19-20-11-14-15(3-1-4-16(14)22-19)21-18(25)17-5-2-10-26-17/h2,5,10-11,13,15,24H,1,3-4,6-9,12H2,(H,21,25). The predicted molar refractivity (Wildman–Crippen MR) is 102 cm³/mol. The second kappa shape index (κ2) is 7.72. The number of amides is 1. The van der Waals surface area contributed by atoms with Gasteiger partial charge in [-0.25, -0.2) is 9.97 Å². The zero-order chi connectivity index (χ0) is 17.9. The molecular formula is C19H24N4O2S. The molecule has 2 aromatic rings. The molecule has 26 heavy (non-hydrogen) atoms. The molecule has 0 saturated carbocycles. The molecule has 1 atom stereocenters. The summed E-state index contributed by atoms with van der Waals surface area (Å²) in [5, 5.41) is 14.3. The summed E-state index contributed by atoms with van der Waals surface area (Å²) in [6.07, 6.45) is 6.74. The Morgan fingerprint density at radius 1 is 1.35 bits per heavy atom. The van der Waals surface area contributed by atoms with Crippen LogP contribution in [-0.2, 0) is 6.42 Å². The first kappa shape index (κ1) is 17.4. The Bertz CT molecular complexity index is 757. The Hall–Kier alpha value is -1.99. The lowest BCUT2D eigenvalue weighted by molar-refractivity contribution is 0.0936. The summed E-state index contributed by atoms with van der Waals surface area (Å²) in [7, 11) is 0. The summed E-state index contributed by atoms with van der Waals surface area (Å²) in [6, 6.07) is 3.73. The van der Waals surface area contributed by atoms with E-state index in [9.17, 15) is 9.90 Å². The number of carbonyl (C=O) groups is 1. The molecule has 1 unspecified atom stereocenters. The number of aromatic nitrogens is 2. The lowest BCUT2D eigenvalue weighted by Gasteiger charge is -2.32. The molecule has 7 heteroatoms. The second-order valence-corrected chi connectivity index (χ2v) is 8.03. The molecule has 2 N–H and O–H groups in total. The van der Waals surface area contributed by atoms with Crippen molar-refractivity contribution in [3.63, 3.8) is 0 Å². The SMILES string of the molecule is O=C(NC1CCCc2nc(N3CCC(CO)CC3)ncc21)c1cccs1. The highest BCUT2D eigenvalue weighted by molar-refractivity contribution is 7.12. The van der Waals surface area contributed by atoms with Crippen LogP contribution in [0.1, 0.15) is 52.7 Å². The minimum Gasteiger partial charge on any atom is -0.396 e. The van der Waals surface area contributed by atoms with Gasteiger partial charge in [-0.2, -0.15) is 0 Å². The highest BCUT2D eigenvalue weighted by Crippen LogP contribution is 2.30. The average molecular weight is 372 g/mol. The summed E-state index contributed by atoms with van der Waals surface area (Å²) in [5.74, 6) is 1.17. The number of fused-ring (bicyclic) bond motifs is 1. The fourth-order valence-corrected chi connectivity index (χ4v) is 4.42. The van der Waals surface area contributed by atoms with Crippen molar-refractivity contribution in [2.24, 2.45) is 5.92 Å². The molecule has 4 rings (SSSR count). The van der Waals surface area contributed by atoms with Crippen molar-refractivity contribution in [1.29, 1.82) is 0 Å². The van der Waals surface area contributed by atoms with E-state index in [0.29, 0.717) is 5.92 Å². The number of rotatable bonds is 4. The number of piperidine rings is 1. The minimum absolute atomic E-state index is 0.0116. The molecule has 1 aliphatic carbocycles. The van der Waals surface area contributed by atoms with Crippen molar-refractivity contribution in [2.45, 2.75) is 38.1 Å². The lowest BCUT2D eigenvalue weighted by atomic mass is 9.92. The number of thiophene rings is 1. The van der Waals surface area contributed by atoms with E-state index >= 15 is 0 Å². The third kappa shape index (κ3) is 3.59. The Labute approximate surface area is 157 Å². The maximum Gasteiger partial charge on any atom is 0.261 e. The van der Waals surface area contributed by atoms with Crippen LogP contribution in [0.5, 0.6) is 0 Å². The van der Waals surface area contributed by atoms with Crippen LogP contribution in [0.15, 0.2) is 23.7 Å². The van der Waals surface area contributed by atoms with Gasteiger partial charge < -0.3 is 15.3 Å². The Kier molecular flexibility index (Phi) is 5.17. The minimum atomic E-state index is -0.0204. The van der Waals surface area contributed by atoms with Crippen LogP contribution in [-0.4, -0.2) is 40.7 Å². The average Bonchev–Trinajstić information content (AvgIpc) is 3.23. The maximum absolute atomic E-state index is 12.4. The molecule has 2 aliphatic rings. The second-order valence-electron chi connectivity index (χ2n) is 7.08. The van der Waals surface area contributed by atoms with Crippen molar-refractivity contribution in [2.75, 3.05) is 24.6 Å². The number of aliphatic hydroxyl groups excluding tert-OH is 1. The van der Waals surface area contributed by atoms with E-state index in [2.05, 4.69) is 15.2 Å². The van der Waals surface area contributed by atoms with Crippen molar-refractivity contribution >= 4 is 23.2 Å². The maximum atomic E-state index is 12.4. The molecule has 1 amide bonds. The van der Waals surface area contributed by atoms with Crippen molar-refractivity contribution < 1.29 is 9.90 Å². The number of anilines is 1. The van der Waals surface area contributed by atoms with E-state index in [0.717, 1.165) is 67.3 Å². The molecule has 1 saturated heterocycles. The molecule has 0 aromatic carbocycles. The highest BCUT2D eigenvalue weighted by Gasteiger charge is 2.26.